The van der Waals surface area contributed by atoms with Gasteiger partial charge in [0.05, 0.1) is 18.0 Å². The maximum atomic E-state index is 13.9. The normalized spacial score (nSPS) is 16.5. The van der Waals surface area contributed by atoms with Crippen LogP contribution in [0.4, 0.5) is 11.4 Å². The summed E-state index contributed by atoms with van der Waals surface area (Å²) in [5.74, 6) is -0.839. The molecule has 4 aliphatic heterocycles. The molecule has 2 bridgehead atoms. The fourth-order valence-corrected chi connectivity index (χ4v) is 8.32. The third-order valence-corrected chi connectivity index (χ3v) is 10.5. The highest BCUT2D eigenvalue weighted by atomic mass is 16.2. The molecule has 0 aliphatic carbocycles. The van der Waals surface area contributed by atoms with Gasteiger partial charge < -0.3 is 9.80 Å². The van der Waals surface area contributed by atoms with Crippen molar-refractivity contribution in [3.05, 3.63) is 81.9 Å². The largest absolute Gasteiger partial charge is 0.349 e. The average Bonchev–Trinajstić information content (AvgIpc) is 3.08. The van der Waals surface area contributed by atoms with Crippen LogP contribution in [0.3, 0.4) is 0 Å². The number of unbranched alkanes of at least 4 members (excludes halogenated alkanes) is 6. The van der Waals surface area contributed by atoms with Crippen LogP contribution in [-0.4, -0.2) is 53.2 Å². The molecule has 240 valence electrons. The van der Waals surface area contributed by atoms with E-state index in [0.717, 1.165) is 95.4 Å². The molecule has 0 radical (unpaired) electrons. The highest BCUT2D eigenvalue weighted by Gasteiger charge is 2.40. The number of hydrogen-bond acceptors (Lipinski definition) is 6. The Hall–Kier alpha value is -4.72. The van der Waals surface area contributed by atoms with Crippen molar-refractivity contribution >= 4 is 56.5 Å². The number of amides is 4. The Balaban J connectivity index is 1.20. The quantitative estimate of drug-likeness (QED) is 0.133. The second-order valence-corrected chi connectivity index (χ2v) is 13.5. The molecule has 0 atom stereocenters. The van der Waals surface area contributed by atoms with Gasteiger partial charge in [0, 0.05) is 70.0 Å². The molecule has 0 fully saturated rings. The number of nitrogens with zero attached hydrogens (tertiary/aromatic N) is 4. The van der Waals surface area contributed by atoms with Crippen LogP contribution < -0.4 is 9.80 Å². The first kappa shape index (κ1) is 29.7. The summed E-state index contributed by atoms with van der Waals surface area (Å²) in [6.07, 6.45) is 7.94. The van der Waals surface area contributed by atoms with Crippen molar-refractivity contribution in [2.75, 3.05) is 29.6 Å². The molecular formula is C39H40N4O4. The van der Waals surface area contributed by atoms with Gasteiger partial charge in [0.15, 0.2) is 0 Å². The molecular weight excluding hydrogens is 588 g/mol. The molecule has 0 N–H and O–H groups in total. The Morgan fingerprint density at radius 1 is 0.532 bits per heavy atom. The van der Waals surface area contributed by atoms with E-state index in [9.17, 15) is 19.2 Å². The summed E-state index contributed by atoms with van der Waals surface area (Å²) < 4.78 is 0. The second kappa shape index (κ2) is 11.5. The van der Waals surface area contributed by atoms with Gasteiger partial charge in [-0.1, -0.05) is 76.6 Å². The van der Waals surface area contributed by atoms with Crippen molar-refractivity contribution in [2.45, 2.75) is 78.3 Å². The lowest BCUT2D eigenvalue weighted by Crippen LogP contribution is -2.47. The number of carbonyl (C=O) groups is 4. The van der Waals surface area contributed by atoms with E-state index in [-0.39, 0.29) is 23.6 Å². The molecule has 4 amide bonds. The Labute approximate surface area is 274 Å². The first-order chi connectivity index (χ1) is 22.9. The zero-order valence-corrected chi connectivity index (χ0v) is 27.2. The minimum absolute atomic E-state index is 0.209. The Kier molecular flexibility index (Phi) is 7.27. The molecule has 0 saturated carbocycles. The number of fused-ring (bicyclic) bond motifs is 8. The number of imide groups is 2. The Morgan fingerprint density at radius 2 is 0.957 bits per heavy atom. The molecule has 0 saturated heterocycles. The zero-order valence-electron chi connectivity index (χ0n) is 27.2. The molecule has 4 aromatic rings. The van der Waals surface area contributed by atoms with E-state index in [1.807, 2.05) is 48.5 Å². The average molecular weight is 629 g/mol. The van der Waals surface area contributed by atoms with E-state index >= 15 is 0 Å². The van der Waals surface area contributed by atoms with Gasteiger partial charge in [0.2, 0.25) is 0 Å². The number of rotatable bonds is 10. The SMILES string of the molecule is CCCCCCN1C(=O)c2cccc3c4c(cc(c23)C1=O)CN1CN4Cc2cc3c4c(cccc4c21)C(=O)N(CCCCCC)C3=O. The van der Waals surface area contributed by atoms with Crippen molar-refractivity contribution in [1.29, 1.82) is 0 Å². The van der Waals surface area contributed by atoms with Crippen molar-refractivity contribution in [2.24, 2.45) is 0 Å². The van der Waals surface area contributed by atoms with Gasteiger partial charge >= 0.3 is 0 Å². The minimum atomic E-state index is -0.211. The van der Waals surface area contributed by atoms with Crippen LogP contribution in [0.25, 0.3) is 21.5 Å². The number of benzene rings is 4. The summed E-state index contributed by atoms with van der Waals surface area (Å²) in [5.41, 5.74) is 6.55. The topological polar surface area (TPSA) is 81.2 Å². The van der Waals surface area contributed by atoms with Gasteiger partial charge in [-0.2, -0.15) is 0 Å². The standard InChI is InChI=1S/C39H40N4O4/c1-3-5-7-9-17-42-36(44)28-15-11-13-26-32(28)30(38(42)46)19-24-21-40-23-41(34(24)26)22-25-20-31-33-27(35(25)40)14-12-16-29(33)37(45)43(39(31)47)18-10-8-6-4-2/h11-16,19-20H,3-10,17-18,21-23H2,1-2H3. The van der Waals surface area contributed by atoms with Crippen LogP contribution in [0.2, 0.25) is 0 Å². The molecule has 4 heterocycles. The number of anilines is 2. The van der Waals surface area contributed by atoms with Crippen molar-refractivity contribution in [3.8, 4) is 0 Å². The van der Waals surface area contributed by atoms with E-state index in [2.05, 4.69) is 23.6 Å². The van der Waals surface area contributed by atoms with Crippen LogP contribution in [0.15, 0.2) is 48.5 Å². The van der Waals surface area contributed by atoms with Crippen molar-refractivity contribution in [1.82, 2.24) is 9.80 Å². The molecule has 4 aliphatic rings. The Bertz CT molecular complexity index is 1870. The van der Waals surface area contributed by atoms with Crippen molar-refractivity contribution < 1.29 is 19.2 Å². The van der Waals surface area contributed by atoms with Crippen LogP contribution in [0.1, 0.15) is 118 Å². The molecule has 8 nitrogen and oxygen atoms in total. The van der Waals surface area contributed by atoms with Gasteiger partial charge in [0.1, 0.15) is 0 Å². The highest BCUT2D eigenvalue weighted by Crippen LogP contribution is 2.48. The summed E-state index contributed by atoms with van der Waals surface area (Å²) in [5, 5.41) is 3.34. The first-order valence-electron chi connectivity index (χ1n) is 17.3. The molecule has 47 heavy (non-hydrogen) atoms. The van der Waals surface area contributed by atoms with E-state index in [0.29, 0.717) is 55.1 Å². The van der Waals surface area contributed by atoms with Gasteiger partial charge in [-0.05, 0) is 48.2 Å². The van der Waals surface area contributed by atoms with Gasteiger partial charge in [-0.15, -0.1) is 0 Å². The summed E-state index contributed by atoms with van der Waals surface area (Å²) >= 11 is 0. The zero-order chi connectivity index (χ0) is 32.4. The lowest BCUT2D eigenvalue weighted by atomic mass is 9.86. The number of hydrogen-bond donors (Lipinski definition) is 0. The van der Waals surface area contributed by atoms with E-state index in [1.54, 1.807) is 0 Å². The van der Waals surface area contributed by atoms with Crippen molar-refractivity contribution in [3.63, 3.8) is 0 Å². The van der Waals surface area contributed by atoms with Crippen LogP contribution >= 0.6 is 0 Å². The third kappa shape index (κ3) is 4.48. The smallest absolute Gasteiger partial charge is 0.261 e. The highest BCUT2D eigenvalue weighted by molar-refractivity contribution is 6.28. The Morgan fingerprint density at radius 3 is 1.38 bits per heavy atom. The minimum Gasteiger partial charge on any atom is -0.349 e. The lowest BCUT2D eigenvalue weighted by Gasteiger charge is -2.46. The van der Waals surface area contributed by atoms with E-state index in [1.165, 1.54) is 9.80 Å². The van der Waals surface area contributed by atoms with E-state index < -0.39 is 0 Å². The van der Waals surface area contributed by atoms with Crippen LogP contribution in [-0.2, 0) is 13.1 Å². The van der Waals surface area contributed by atoms with Crippen LogP contribution in [0, 0.1) is 0 Å². The fourth-order valence-electron chi connectivity index (χ4n) is 8.32. The second-order valence-electron chi connectivity index (χ2n) is 13.5. The predicted molar refractivity (Wildman–Crippen MR) is 184 cm³/mol. The van der Waals surface area contributed by atoms with Crippen LogP contribution in [0.5, 0.6) is 0 Å². The molecule has 4 aromatic carbocycles. The maximum absolute atomic E-state index is 13.9. The monoisotopic (exact) mass is 628 g/mol. The summed E-state index contributed by atoms with van der Waals surface area (Å²) in [6.45, 7) is 6.95. The fraction of sp³-hybridized carbons (Fsp3) is 0.385. The van der Waals surface area contributed by atoms with Gasteiger partial charge in [-0.25, -0.2) is 0 Å². The molecule has 0 spiro atoms. The molecule has 0 unspecified atom stereocenters. The first-order valence-corrected chi connectivity index (χ1v) is 17.3. The van der Waals surface area contributed by atoms with E-state index in [4.69, 9.17) is 0 Å². The van der Waals surface area contributed by atoms with Gasteiger partial charge in [-0.3, -0.25) is 29.0 Å². The van der Waals surface area contributed by atoms with Gasteiger partial charge in [0.25, 0.3) is 23.6 Å². The maximum Gasteiger partial charge on any atom is 0.261 e. The molecule has 0 aromatic heterocycles. The predicted octanol–water partition coefficient (Wildman–Crippen LogP) is 7.64. The summed E-state index contributed by atoms with van der Waals surface area (Å²) in [7, 11) is 0. The molecule has 8 heteroatoms. The molecule has 8 rings (SSSR count). The summed E-state index contributed by atoms with van der Waals surface area (Å²) in [6, 6.07) is 15.6. The summed E-state index contributed by atoms with van der Waals surface area (Å²) in [4.78, 5) is 62.6. The number of carbonyl (C=O) groups excluding carboxylic acids is 4. The third-order valence-electron chi connectivity index (χ3n) is 10.5. The lowest BCUT2D eigenvalue weighted by molar-refractivity contribution is 0.0592.